The fourth-order valence-electron chi connectivity index (χ4n) is 1.28. The zero-order valence-electron chi connectivity index (χ0n) is 9.47. The van der Waals surface area contributed by atoms with Gasteiger partial charge >= 0.3 is 0 Å². The molecule has 0 aliphatic heterocycles. The summed E-state index contributed by atoms with van der Waals surface area (Å²) in [5, 5.41) is 0. The number of benzene rings is 1. The Morgan fingerprint density at radius 1 is 1.27 bits per heavy atom. The van der Waals surface area contributed by atoms with Crippen molar-refractivity contribution in [3.05, 3.63) is 35.9 Å². The van der Waals surface area contributed by atoms with Crippen LogP contribution in [0.4, 0.5) is 0 Å². The van der Waals surface area contributed by atoms with Gasteiger partial charge in [0.15, 0.2) is 0 Å². The summed E-state index contributed by atoms with van der Waals surface area (Å²) in [7, 11) is 1.77. The van der Waals surface area contributed by atoms with E-state index >= 15 is 0 Å². The van der Waals surface area contributed by atoms with Crippen LogP contribution in [0, 0.1) is 0 Å². The lowest BCUT2D eigenvalue weighted by molar-refractivity contribution is -0.132. The Bertz CT molecular complexity index is 322. The fourth-order valence-corrected chi connectivity index (χ4v) is 1.28. The number of carbonyl (C=O) groups is 1. The van der Waals surface area contributed by atoms with Gasteiger partial charge in [-0.1, -0.05) is 30.3 Å². The molecule has 0 fully saturated rings. The van der Waals surface area contributed by atoms with Crippen molar-refractivity contribution in [3.8, 4) is 0 Å². The number of hydrogen-bond donors (Lipinski definition) is 1. The quantitative estimate of drug-likeness (QED) is 0.815. The van der Waals surface area contributed by atoms with Crippen molar-refractivity contribution < 1.29 is 4.79 Å². The molecule has 1 aromatic rings. The van der Waals surface area contributed by atoms with Crippen molar-refractivity contribution >= 4 is 5.91 Å². The second-order valence-electron chi connectivity index (χ2n) is 3.93. The molecular weight excluding hydrogens is 188 g/mol. The SMILES string of the molecule is CC(C)N(C)C(=O)[C@H](N)c1ccccc1. The van der Waals surface area contributed by atoms with Crippen LogP contribution in [0.25, 0.3) is 0 Å². The lowest BCUT2D eigenvalue weighted by Gasteiger charge is -2.25. The molecule has 0 saturated carbocycles. The van der Waals surface area contributed by atoms with Crippen LogP contribution in [-0.4, -0.2) is 23.9 Å². The number of nitrogens with zero attached hydrogens (tertiary/aromatic N) is 1. The van der Waals surface area contributed by atoms with Gasteiger partial charge in [0.25, 0.3) is 0 Å². The Balaban J connectivity index is 2.78. The van der Waals surface area contributed by atoms with Crippen molar-refractivity contribution in [3.63, 3.8) is 0 Å². The summed E-state index contributed by atoms with van der Waals surface area (Å²) < 4.78 is 0. The molecule has 1 aromatic carbocycles. The molecule has 2 N–H and O–H groups in total. The molecule has 15 heavy (non-hydrogen) atoms. The summed E-state index contributed by atoms with van der Waals surface area (Å²) in [5.41, 5.74) is 6.74. The number of hydrogen-bond acceptors (Lipinski definition) is 2. The Labute approximate surface area is 90.9 Å². The molecule has 3 nitrogen and oxygen atoms in total. The van der Waals surface area contributed by atoms with Gasteiger partial charge in [-0.15, -0.1) is 0 Å². The molecule has 0 heterocycles. The highest BCUT2D eigenvalue weighted by Gasteiger charge is 2.20. The molecule has 0 aromatic heterocycles. The number of carbonyl (C=O) groups excluding carboxylic acids is 1. The molecule has 1 rings (SSSR count). The van der Waals surface area contributed by atoms with Gasteiger partial charge < -0.3 is 10.6 Å². The number of amides is 1. The molecule has 3 heteroatoms. The zero-order valence-corrected chi connectivity index (χ0v) is 9.47. The van der Waals surface area contributed by atoms with E-state index in [9.17, 15) is 4.79 Å². The molecule has 0 bridgehead atoms. The monoisotopic (exact) mass is 206 g/mol. The number of likely N-dealkylation sites (N-methyl/N-ethyl adjacent to an activating group) is 1. The van der Waals surface area contributed by atoms with Crippen LogP contribution in [-0.2, 0) is 4.79 Å². The Morgan fingerprint density at radius 3 is 2.27 bits per heavy atom. The highest BCUT2D eigenvalue weighted by atomic mass is 16.2. The summed E-state index contributed by atoms with van der Waals surface area (Å²) in [5.74, 6) is -0.0452. The molecule has 0 aliphatic rings. The third kappa shape index (κ3) is 2.80. The topological polar surface area (TPSA) is 46.3 Å². The van der Waals surface area contributed by atoms with Gasteiger partial charge in [-0.25, -0.2) is 0 Å². The predicted octanol–water partition coefficient (Wildman–Crippen LogP) is 1.55. The van der Waals surface area contributed by atoms with Crippen LogP contribution in [0.1, 0.15) is 25.5 Å². The van der Waals surface area contributed by atoms with Gasteiger partial charge in [0.2, 0.25) is 5.91 Å². The van der Waals surface area contributed by atoms with E-state index in [0.717, 1.165) is 5.56 Å². The minimum Gasteiger partial charge on any atom is -0.342 e. The van der Waals surface area contributed by atoms with Crippen molar-refractivity contribution in [2.24, 2.45) is 5.73 Å². The lowest BCUT2D eigenvalue weighted by Crippen LogP contribution is -2.39. The summed E-state index contributed by atoms with van der Waals surface area (Å²) >= 11 is 0. The van der Waals surface area contributed by atoms with Gasteiger partial charge in [-0.05, 0) is 19.4 Å². The first-order valence-corrected chi connectivity index (χ1v) is 5.11. The van der Waals surface area contributed by atoms with Crippen LogP contribution in [0.5, 0.6) is 0 Å². The van der Waals surface area contributed by atoms with Crippen LogP contribution in [0.2, 0.25) is 0 Å². The van der Waals surface area contributed by atoms with Crippen LogP contribution >= 0.6 is 0 Å². The predicted molar refractivity (Wildman–Crippen MR) is 61.3 cm³/mol. The third-order valence-corrected chi connectivity index (χ3v) is 2.55. The van der Waals surface area contributed by atoms with Gasteiger partial charge in [0, 0.05) is 13.1 Å². The normalized spacial score (nSPS) is 12.6. The molecule has 82 valence electrons. The molecule has 0 radical (unpaired) electrons. The van der Waals surface area contributed by atoms with Crippen molar-refractivity contribution in [1.29, 1.82) is 0 Å². The van der Waals surface area contributed by atoms with Crippen LogP contribution < -0.4 is 5.73 Å². The summed E-state index contributed by atoms with van der Waals surface area (Å²) in [6.45, 7) is 3.94. The van der Waals surface area contributed by atoms with Gasteiger partial charge in [0.1, 0.15) is 6.04 Å². The highest BCUT2D eigenvalue weighted by molar-refractivity contribution is 5.83. The maximum atomic E-state index is 11.9. The molecule has 0 unspecified atom stereocenters. The van der Waals surface area contributed by atoms with E-state index in [1.165, 1.54) is 0 Å². The first-order chi connectivity index (χ1) is 7.04. The smallest absolute Gasteiger partial charge is 0.244 e. The van der Waals surface area contributed by atoms with Crippen molar-refractivity contribution in [2.75, 3.05) is 7.05 Å². The van der Waals surface area contributed by atoms with Gasteiger partial charge in [-0.2, -0.15) is 0 Å². The Kier molecular flexibility index (Phi) is 3.86. The first kappa shape index (κ1) is 11.7. The fraction of sp³-hybridized carbons (Fsp3) is 0.417. The highest BCUT2D eigenvalue weighted by Crippen LogP contribution is 2.13. The number of nitrogens with two attached hydrogens (primary N) is 1. The minimum absolute atomic E-state index is 0.0452. The third-order valence-electron chi connectivity index (χ3n) is 2.55. The first-order valence-electron chi connectivity index (χ1n) is 5.11. The van der Waals surface area contributed by atoms with Gasteiger partial charge in [-0.3, -0.25) is 4.79 Å². The Morgan fingerprint density at radius 2 is 1.80 bits per heavy atom. The molecular formula is C12H18N2O. The molecule has 1 amide bonds. The summed E-state index contributed by atoms with van der Waals surface area (Å²) in [6, 6.07) is 9.04. The van der Waals surface area contributed by atoms with E-state index in [-0.39, 0.29) is 11.9 Å². The van der Waals surface area contributed by atoms with Crippen molar-refractivity contribution in [1.82, 2.24) is 4.90 Å². The maximum Gasteiger partial charge on any atom is 0.244 e. The largest absolute Gasteiger partial charge is 0.342 e. The Hall–Kier alpha value is -1.35. The molecule has 1 atom stereocenters. The van der Waals surface area contributed by atoms with Crippen LogP contribution in [0.3, 0.4) is 0 Å². The van der Waals surface area contributed by atoms with E-state index in [0.29, 0.717) is 0 Å². The zero-order chi connectivity index (χ0) is 11.4. The van der Waals surface area contributed by atoms with E-state index in [4.69, 9.17) is 5.73 Å². The average molecular weight is 206 g/mol. The second-order valence-corrected chi connectivity index (χ2v) is 3.93. The van der Waals surface area contributed by atoms with E-state index in [1.807, 2.05) is 44.2 Å². The lowest BCUT2D eigenvalue weighted by atomic mass is 10.1. The van der Waals surface area contributed by atoms with Gasteiger partial charge in [0.05, 0.1) is 0 Å². The van der Waals surface area contributed by atoms with E-state index in [1.54, 1.807) is 11.9 Å². The minimum atomic E-state index is -0.557. The molecule has 0 saturated heterocycles. The van der Waals surface area contributed by atoms with E-state index < -0.39 is 6.04 Å². The second kappa shape index (κ2) is 4.94. The standard InChI is InChI=1S/C12H18N2O/c1-9(2)14(3)12(15)11(13)10-7-5-4-6-8-10/h4-9,11H,13H2,1-3H3/t11-/m1/s1. The molecule has 0 spiro atoms. The average Bonchev–Trinajstić information content (AvgIpc) is 2.27. The van der Waals surface area contributed by atoms with E-state index in [2.05, 4.69) is 0 Å². The van der Waals surface area contributed by atoms with Crippen LogP contribution in [0.15, 0.2) is 30.3 Å². The van der Waals surface area contributed by atoms with Crippen molar-refractivity contribution in [2.45, 2.75) is 25.9 Å². The summed E-state index contributed by atoms with van der Waals surface area (Å²) in [4.78, 5) is 13.6. The number of rotatable bonds is 3. The maximum absolute atomic E-state index is 11.9. The summed E-state index contributed by atoms with van der Waals surface area (Å²) in [6.07, 6.45) is 0. The molecule has 0 aliphatic carbocycles.